The molecule has 3 N–H and O–H groups in total. The fraction of sp³-hybridized carbons (Fsp3) is 0.368. The molecule has 0 unspecified atom stereocenters. The van der Waals surface area contributed by atoms with Crippen LogP contribution in [0.5, 0.6) is 5.75 Å². The summed E-state index contributed by atoms with van der Waals surface area (Å²) in [6, 6.07) is 13.8. The molecule has 1 aliphatic carbocycles. The molecule has 1 aliphatic rings. The molecular weight excluding hydrogens is 320 g/mol. The number of pyridine rings is 1. The Morgan fingerprint density at radius 1 is 1.08 bits per heavy atom. The van der Waals surface area contributed by atoms with Crippen molar-refractivity contribution in [1.29, 1.82) is 0 Å². The summed E-state index contributed by atoms with van der Waals surface area (Å²) in [6.45, 7) is 1.81. The number of hydrogen-bond donors (Lipinski definition) is 3. The van der Waals surface area contributed by atoms with E-state index < -0.39 is 24.4 Å². The molecule has 1 amide bonds. The third-order valence-electron chi connectivity index (χ3n) is 4.37. The number of amides is 1. The van der Waals surface area contributed by atoms with Gasteiger partial charge >= 0.3 is 0 Å². The quantitative estimate of drug-likeness (QED) is 0.782. The largest absolute Gasteiger partial charge is 0.488 e. The van der Waals surface area contributed by atoms with Crippen molar-refractivity contribution in [2.75, 3.05) is 0 Å². The fourth-order valence-electron chi connectivity index (χ4n) is 3.02. The van der Waals surface area contributed by atoms with Crippen molar-refractivity contribution in [1.82, 2.24) is 10.3 Å². The second-order valence-electron chi connectivity index (χ2n) is 6.27. The molecule has 0 bridgehead atoms. The third kappa shape index (κ3) is 4.15. The van der Waals surface area contributed by atoms with Gasteiger partial charge in [0.2, 0.25) is 0 Å². The first-order chi connectivity index (χ1) is 12.0. The van der Waals surface area contributed by atoms with Crippen molar-refractivity contribution in [2.45, 2.75) is 44.1 Å². The van der Waals surface area contributed by atoms with Gasteiger partial charge in [0, 0.05) is 5.69 Å². The predicted octanol–water partition coefficient (Wildman–Crippen LogP) is 1.45. The molecule has 1 heterocycles. The van der Waals surface area contributed by atoms with Crippen LogP contribution in [0.3, 0.4) is 0 Å². The maximum absolute atomic E-state index is 12.3. The van der Waals surface area contributed by atoms with Gasteiger partial charge in [0.25, 0.3) is 5.91 Å². The standard InChI is InChI=1S/C19H22N2O4/c1-12-6-5-9-15(20-12)19(24)21-14-10-11-16(18(23)17(14)22)25-13-7-3-2-4-8-13/h2-9,14,16-18,22-23H,10-11H2,1H3,(H,21,24)/t14-,16-,17-,18-/m1/s1. The van der Waals surface area contributed by atoms with E-state index in [0.29, 0.717) is 24.3 Å². The number of hydrogen-bond acceptors (Lipinski definition) is 5. The first-order valence-electron chi connectivity index (χ1n) is 8.37. The Morgan fingerprint density at radius 2 is 1.84 bits per heavy atom. The highest BCUT2D eigenvalue weighted by Gasteiger charge is 2.39. The van der Waals surface area contributed by atoms with Crippen LogP contribution in [0.15, 0.2) is 48.5 Å². The molecule has 132 valence electrons. The molecule has 0 spiro atoms. The first kappa shape index (κ1) is 17.4. The van der Waals surface area contributed by atoms with Crippen molar-refractivity contribution in [2.24, 2.45) is 0 Å². The number of aryl methyl sites for hydroxylation is 1. The minimum absolute atomic E-state index is 0.296. The van der Waals surface area contributed by atoms with Crippen molar-refractivity contribution in [3.8, 4) is 5.75 Å². The van der Waals surface area contributed by atoms with Crippen LogP contribution in [-0.2, 0) is 0 Å². The van der Waals surface area contributed by atoms with E-state index in [-0.39, 0.29) is 5.91 Å². The van der Waals surface area contributed by atoms with Crippen LogP contribution in [0.4, 0.5) is 0 Å². The van der Waals surface area contributed by atoms with Crippen LogP contribution >= 0.6 is 0 Å². The molecule has 4 atom stereocenters. The van der Waals surface area contributed by atoms with Gasteiger partial charge in [-0.2, -0.15) is 0 Å². The monoisotopic (exact) mass is 342 g/mol. The van der Waals surface area contributed by atoms with Gasteiger partial charge in [0.15, 0.2) is 0 Å². The second-order valence-corrected chi connectivity index (χ2v) is 6.27. The molecule has 1 aromatic carbocycles. The Bertz CT molecular complexity index is 722. The molecule has 25 heavy (non-hydrogen) atoms. The van der Waals surface area contributed by atoms with E-state index in [0.717, 1.165) is 5.69 Å². The summed E-state index contributed by atoms with van der Waals surface area (Å²) in [4.78, 5) is 16.5. The van der Waals surface area contributed by atoms with E-state index in [1.165, 1.54) is 0 Å². The highest BCUT2D eigenvalue weighted by atomic mass is 16.5. The number of aliphatic hydroxyl groups is 2. The normalized spacial score (nSPS) is 26.0. The molecule has 2 aromatic rings. The van der Waals surface area contributed by atoms with E-state index in [1.54, 1.807) is 24.3 Å². The van der Waals surface area contributed by atoms with Gasteiger partial charge in [-0.05, 0) is 44.0 Å². The van der Waals surface area contributed by atoms with Gasteiger partial charge in [-0.3, -0.25) is 4.79 Å². The molecule has 0 radical (unpaired) electrons. The van der Waals surface area contributed by atoms with E-state index in [9.17, 15) is 15.0 Å². The Labute approximate surface area is 146 Å². The average molecular weight is 342 g/mol. The summed E-state index contributed by atoms with van der Waals surface area (Å²) in [6.07, 6.45) is -1.66. The summed E-state index contributed by atoms with van der Waals surface area (Å²) < 4.78 is 5.76. The number of ether oxygens (including phenoxy) is 1. The zero-order chi connectivity index (χ0) is 17.8. The number of para-hydroxylation sites is 1. The van der Waals surface area contributed by atoms with Gasteiger partial charge in [-0.1, -0.05) is 24.3 Å². The van der Waals surface area contributed by atoms with E-state index in [4.69, 9.17) is 4.74 Å². The Hall–Kier alpha value is -2.44. The first-order valence-corrected chi connectivity index (χ1v) is 8.37. The number of rotatable bonds is 4. The third-order valence-corrected chi connectivity index (χ3v) is 4.37. The molecule has 1 aromatic heterocycles. The lowest BCUT2D eigenvalue weighted by atomic mass is 9.87. The number of aromatic nitrogens is 1. The maximum atomic E-state index is 12.3. The zero-order valence-corrected chi connectivity index (χ0v) is 14.0. The van der Waals surface area contributed by atoms with Gasteiger partial charge < -0.3 is 20.3 Å². The number of nitrogens with zero attached hydrogens (tertiary/aromatic N) is 1. The van der Waals surface area contributed by atoms with Gasteiger partial charge in [-0.25, -0.2) is 4.98 Å². The minimum Gasteiger partial charge on any atom is -0.488 e. The van der Waals surface area contributed by atoms with E-state index in [2.05, 4.69) is 10.3 Å². The lowest BCUT2D eigenvalue weighted by Crippen LogP contribution is -2.57. The molecule has 3 rings (SSSR count). The summed E-state index contributed by atoms with van der Waals surface area (Å²) in [7, 11) is 0. The van der Waals surface area contributed by atoms with Crippen molar-refractivity contribution in [3.05, 3.63) is 59.9 Å². The summed E-state index contributed by atoms with van der Waals surface area (Å²) in [5.41, 5.74) is 1.04. The molecule has 0 saturated heterocycles. The molecule has 6 nitrogen and oxygen atoms in total. The van der Waals surface area contributed by atoms with Gasteiger partial charge in [0.1, 0.15) is 29.8 Å². The van der Waals surface area contributed by atoms with Gasteiger partial charge in [-0.15, -0.1) is 0 Å². The van der Waals surface area contributed by atoms with Crippen molar-refractivity contribution < 1.29 is 19.7 Å². The predicted molar refractivity (Wildman–Crippen MR) is 92.3 cm³/mol. The van der Waals surface area contributed by atoms with Crippen LogP contribution in [0.25, 0.3) is 0 Å². The second kappa shape index (κ2) is 7.63. The Balaban J connectivity index is 1.61. The summed E-state index contributed by atoms with van der Waals surface area (Å²) >= 11 is 0. The number of nitrogens with one attached hydrogen (secondary N) is 1. The summed E-state index contributed by atoms with van der Waals surface area (Å²) in [5, 5.41) is 23.5. The molecule has 0 aliphatic heterocycles. The summed E-state index contributed by atoms with van der Waals surface area (Å²) in [5.74, 6) is 0.285. The van der Waals surface area contributed by atoms with Gasteiger partial charge in [0.05, 0.1) is 6.04 Å². The SMILES string of the molecule is Cc1cccc(C(=O)N[C@@H]2CC[C@@H](Oc3ccccc3)[C@@H](O)[C@@H]2O)n1. The average Bonchev–Trinajstić information content (AvgIpc) is 2.62. The Morgan fingerprint density at radius 3 is 2.56 bits per heavy atom. The molecule has 1 fully saturated rings. The van der Waals surface area contributed by atoms with Crippen LogP contribution in [0, 0.1) is 6.92 Å². The highest BCUT2D eigenvalue weighted by Crippen LogP contribution is 2.25. The van der Waals surface area contributed by atoms with Crippen LogP contribution in [0.2, 0.25) is 0 Å². The molecular formula is C19H22N2O4. The number of benzene rings is 1. The molecule has 6 heteroatoms. The zero-order valence-electron chi connectivity index (χ0n) is 14.0. The van der Waals surface area contributed by atoms with E-state index in [1.807, 2.05) is 31.2 Å². The number of aliphatic hydroxyl groups excluding tert-OH is 2. The van der Waals surface area contributed by atoms with Crippen LogP contribution in [-0.4, -0.2) is 45.5 Å². The van der Waals surface area contributed by atoms with Crippen LogP contribution < -0.4 is 10.1 Å². The maximum Gasteiger partial charge on any atom is 0.270 e. The minimum atomic E-state index is -1.10. The lowest BCUT2D eigenvalue weighted by molar-refractivity contribution is -0.0874. The Kier molecular flexibility index (Phi) is 5.31. The molecule has 1 saturated carbocycles. The van der Waals surface area contributed by atoms with Crippen molar-refractivity contribution >= 4 is 5.91 Å². The van der Waals surface area contributed by atoms with Crippen LogP contribution in [0.1, 0.15) is 29.0 Å². The van der Waals surface area contributed by atoms with Crippen molar-refractivity contribution in [3.63, 3.8) is 0 Å². The lowest BCUT2D eigenvalue weighted by Gasteiger charge is -2.37. The number of carbonyl (C=O) groups is 1. The van der Waals surface area contributed by atoms with E-state index >= 15 is 0 Å². The fourth-order valence-corrected chi connectivity index (χ4v) is 3.02. The number of carbonyl (C=O) groups excluding carboxylic acids is 1. The topological polar surface area (TPSA) is 91.7 Å². The highest BCUT2D eigenvalue weighted by molar-refractivity contribution is 5.92. The smallest absolute Gasteiger partial charge is 0.270 e.